The monoisotopic (exact) mass is 235 g/mol. The van der Waals surface area contributed by atoms with Crippen LogP contribution in [0.25, 0.3) is 0 Å². The van der Waals surface area contributed by atoms with Gasteiger partial charge >= 0.3 is 0 Å². The van der Waals surface area contributed by atoms with E-state index in [2.05, 4.69) is 25.2 Å². The van der Waals surface area contributed by atoms with E-state index in [4.69, 9.17) is 4.42 Å². The summed E-state index contributed by atoms with van der Waals surface area (Å²) in [5, 5.41) is 3.58. The lowest BCUT2D eigenvalue weighted by molar-refractivity contribution is 0.281. The first-order valence-corrected chi connectivity index (χ1v) is 7.08. The Morgan fingerprint density at radius 2 is 2.12 bits per heavy atom. The summed E-state index contributed by atoms with van der Waals surface area (Å²) in [7, 11) is 0. The summed E-state index contributed by atoms with van der Waals surface area (Å²) in [6.07, 6.45) is 10.1. The Bertz CT molecular complexity index is 325. The predicted molar refractivity (Wildman–Crippen MR) is 71.1 cm³/mol. The third-order valence-corrected chi connectivity index (χ3v) is 3.96. The third kappa shape index (κ3) is 3.35. The zero-order valence-electron chi connectivity index (χ0n) is 11.2. The SMILES string of the molecule is CCNC(CC1CCCCC1)c1occc1C. The molecule has 1 fully saturated rings. The highest BCUT2D eigenvalue weighted by atomic mass is 16.3. The Kier molecular flexibility index (Phi) is 4.66. The van der Waals surface area contributed by atoms with E-state index >= 15 is 0 Å². The standard InChI is InChI=1S/C15H25NO/c1-3-16-14(15-12(2)9-10-17-15)11-13-7-5-4-6-8-13/h9-10,13-14,16H,3-8,11H2,1-2H3. The summed E-state index contributed by atoms with van der Waals surface area (Å²) in [5.74, 6) is 2.04. The van der Waals surface area contributed by atoms with Crippen LogP contribution in [0.1, 0.15) is 62.8 Å². The van der Waals surface area contributed by atoms with Gasteiger partial charge in [0.2, 0.25) is 0 Å². The van der Waals surface area contributed by atoms with E-state index in [-0.39, 0.29) is 0 Å². The number of aryl methyl sites for hydroxylation is 1. The molecule has 1 aliphatic carbocycles. The maximum Gasteiger partial charge on any atom is 0.123 e. The van der Waals surface area contributed by atoms with Crippen molar-refractivity contribution in [2.75, 3.05) is 6.54 Å². The largest absolute Gasteiger partial charge is 0.467 e. The molecule has 0 amide bonds. The van der Waals surface area contributed by atoms with Crippen molar-refractivity contribution in [2.45, 2.75) is 58.4 Å². The topological polar surface area (TPSA) is 25.2 Å². The molecule has 0 spiro atoms. The van der Waals surface area contributed by atoms with Crippen molar-refractivity contribution in [3.05, 3.63) is 23.7 Å². The van der Waals surface area contributed by atoms with Crippen LogP contribution in [0.3, 0.4) is 0 Å². The Balaban J connectivity index is 1.99. The minimum atomic E-state index is 0.415. The summed E-state index contributed by atoms with van der Waals surface area (Å²) in [5.41, 5.74) is 1.28. The molecule has 0 saturated heterocycles. The van der Waals surface area contributed by atoms with Crippen molar-refractivity contribution in [1.29, 1.82) is 0 Å². The molecule has 0 aliphatic heterocycles. The highest BCUT2D eigenvalue weighted by Crippen LogP contribution is 2.33. The summed E-state index contributed by atoms with van der Waals surface area (Å²) >= 11 is 0. The third-order valence-electron chi connectivity index (χ3n) is 3.96. The minimum Gasteiger partial charge on any atom is -0.467 e. The summed E-state index contributed by atoms with van der Waals surface area (Å²) in [6.45, 7) is 5.33. The van der Waals surface area contributed by atoms with Crippen LogP contribution in [-0.4, -0.2) is 6.54 Å². The highest BCUT2D eigenvalue weighted by molar-refractivity contribution is 5.18. The lowest BCUT2D eigenvalue weighted by Gasteiger charge is -2.26. The van der Waals surface area contributed by atoms with Crippen molar-refractivity contribution < 1.29 is 4.42 Å². The Labute approximate surface area is 105 Å². The van der Waals surface area contributed by atoms with E-state index in [0.717, 1.165) is 18.2 Å². The van der Waals surface area contributed by atoms with Gasteiger partial charge in [-0.2, -0.15) is 0 Å². The van der Waals surface area contributed by atoms with Gasteiger partial charge in [-0.25, -0.2) is 0 Å². The molecule has 2 heteroatoms. The molecule has 1 N–H and O–H groups in total. The second-order valence-electron chi connectivity index (χ2n) is 5.32. The molecule has 96 valence electrons. The number of hydrogen-bond acceptors (Lipinski definition) is 2. The van der Waals surface area contributed by atoms with Crippen LogP contribution in [0.4, 0.5) is 0 Å². The molecule has 2 nitrogen and oxygen atoms in total. The molecule has 0 radical (unpaired) electrons. The van der Waals surface area contributed by atoms with Gasteiger partial charge in [0.15, 0.2) is 0 Å². The predicted octanol–water partition coefficient (Wildman–Crippen LogP) is 4.21. The van der Waals surface area contributed by atoms with Crippen LogP contribution in [0.2, 0.25) is 0 Å². The second kappa shape index (κ2) is 6.25. The normalized spacial score (nSPS) is 19.4. The molecule has 1 aromatic heterocycles. The summed E-state index contributed by atoms with van der Waals surface area (Å²) in [4.78, 5) is 0. The van der Waals surface area contributed by atoms with E-state index in [1.807, 2.05) is 6.26 Å². The molecule has 1 aromatic rings. The zero-order chi connectivity index (χ0) is 12.1. The fraction of sp³-hybridized carbons (Fsp3) is 0.733. The van der Waals surface area contributed by atoms with Crippen LogP contribution in [0, 0.1) is 12.8 Å². The maximum atomic E-state index is 5.66. The lowest BCUT2D eigenvalue weighted by atomic mass is 9.84. The molecule has 17 heavy (non-hydrogen) atoms. The fourth-order valence-corrected chi connectivity index (χ4v) is 3.03. The summed E-state index contributed by atoms with van der Waals surface area (Å²) in [6, 6.07) is 2.48. The molecule has 1 heterocycles. The van der Waals surface area contributed by atoms with E-state index < -0.39 is 0 Å². The van der Waals surface area contributed by atoms with Gasteiger partial charge in [0.25, 0.3) is 0 Å². The molecule has 0 bridgehead atoms. The van der Waals surface area contributed by atoms with Gasteiger partial charge in [-0.1, -0.05) is 39.0 Å². The van der Waals surface area contributed by atoms with E-state index in [9.17, 15) is 0 Å². The first kappa shape index (κ1) is 12.7. The van der Waals surface area contributed by atoms with Gasteiger partial charge in [-0.05, 0) is 37.4 Å². The second-order valence-corrected chi connectivity index (χ2v) is 5.32. The number of furan rings is 1. The Morgan fingerprint density at radius 1 is 1.35 bits per heavy atom. The molecular formula is C15H25NO. The van der Waals surface area contributed by atoms with E-state index in [0.29, 0.717) is 6.04 Å². The average Bonchev–Trinajstić information content (AvgIpc) is 2.76. The summed E-state index contributed by atoms with van der Waals surface area (Å²) < 4.78 is 5.66. The maximum absolute atomic E-state index is 5.66. The number of hydrogen-bond donors (Lipinski definition) is 1. The smallest absolute Gasteiger partial charge is 0.123 e. The molecule has 0 aromatic carbocycles. The molecule has 1 saturated carbocycles. The van der Waals surface area contributed by atoms with Crippen LogP contribution in [0.15, 0.2) is 16.7 Å². The number of nitrogens with one attached hydrogen (secondary N) is 1. The van der Waals surface area contributed by atoms with Gasteiger partial charge in [-0.15, -0.1) is 0 Å². The van der Waals surface area contributed by atoms with Gasteiger partial charge in [0.05, 0.1) is 12.3 Å². The Morgan fingerprint density at radius 3 is 2.71 bits per heavy atom. The lowest BCUT2D eigenvalue weighted by Crippen LogP contribution is -2.24. The van der Waals surface area contributed by atoms with Gasteiger partial charge in [-0.3, -0.25) is 0 Å². The van der Waals surface area contributed by atoms with Crippen LogP contribution >= 0.6 is 0 Å². The first-order chi connectivity index (χ1) is 8.31. The average molecular weight is 235 g/mol. The van der Waals surface area contributed by atoms with Gasteiger partial charge in [0, 0.05) is 0 Å². The molecule has 2 rings (SSSR count). The van der Waals surface area contributed by atoms with Gasteiger partial charge in [0.1, 0.15) is 5.76 Å². The number of rotatable bonds is 5. The van der Waals surface area contributed by atoms with E-state index in [1.54, 1.807) is 0 Å². The van der Waals surface area contributed by atoms with Crippen LogP contribution in [-0.2, 0) is 0 Å². The van der Waals surface area contributed by atoms with E-state index in [1.165, 1.54) is 44.1 Å². The molecular weight excluding hydrogens is 210 g/mol. The molecule has 1 atom stereocenters. The van der Waals surface area contributed by atoms with Crippen LogP contribution < -0.4 is 5.32 Å². The van der Waals surface area contributed by atoms with Crippen molar-refractivity contribution >= 4 is 0 Å². The minimum absolute atomic E-state index is 0.415. The molecule has 1 aliphatic rings. The van der Waals surface area contributed by atoms with Crippen molar-refractivity contribution in [3.8, 4) is 0 Å². The van der Waals surface area contributed by atoms with Crippen LogP contribution in [0.5, 0.6) is 0 Å². The van der Waals surface area contributed by atoms with Crippen molar-refractivity contribution in [1.82, 2.24) is 5.32 Å². The fourth-order valence-electron chi connectivity index (χ4n) is 3.03. The van der Waals surface area contributed by atoms with Crippen molar-refractivity contribution in [2.24, 2.45) is 5.92 Å². The quantitative estimate of drug-likeness (QED) is 0.827. The zero-order valence-corrected chi connectivity index (χ0v) is 11.2. The molecule has 1 unspecified atom stereocenters. The first-order valence-electron chi connectivity index (χ1n) is 7.08. The Hall–Kier alpha value is -0.760. The van der Waals surface area contributed by atoms with Crippen molar-refractivity contribution in [3.63, 3.8) is 0 Å². The van der Waals surface area contributed by atoms with Gasteiger partial charge < -0.3 is 9.73 Å². The highest BCUT2D eigenvalue weighted by Gasteiger charge is 2.22.